The van der Waals surface area contributed by atoms with Crippen molar-refractivity contribution in [2.75, 3.05) is 0 Å². The number of aryl methyl sites for hydroxylation is 1. The summed E-state index contributed by atoms with van der Waals surface area (Å²) in [7, 11) is 0. The smallest absolute Gasteiger partial charge is 0.136 e. The molecule has 0 saturated heterocycles. The fourth-order valence-electron chi connectivity index (χ4n) is 1.82. The number of nitrogens with zero attached hydrogens (tertiary/aromatic N) is 2. The Balaban J connectivity index is 2.44. The van der Waals surface area contributed by atoms with E-state index in [9.17, 15) is 4.39 Å². The van der Waals surface area contributed by atoms with E-state index in [-0.39, 0.29) is 0 Å². The van der Waals surface area contributed by atoms with Gasteiger partial charge in [0.25, 0.3) is 0 Å². The minimum absolute atomic E-state index is 0.312. The molecule has 0 aromatic carbocycles. The predicted octanol–water partition coefficient (Wildman–Crippen LogP) is 2.73. The van der Waals surface area contributed by atoms with Gasteiger partial charge in [-0.15, -0.1) is 0 Å². The average Bonchev–Trinajstić information content (AvgIpc) is 2.42. The number of hydrogen-bond acceptors (Lipinski definition) is 2. The maximum atomic E-state index is 13.9. The highest BCUT2D eigenvalue weighted by molar-refractivity contribution is 5.30. The Bertz CT molecular complexity index is 358. The van der Waals surface area contributed by atoms with Gasteiger partial charge >= 0.3 is 0 Å². The SMILES string of the molecule is CC(C)c1ncc2c(n1)CCC2(C)F. The van der Waals surface area contributed by atoms with Crippen LogP contribution in [0.2, 0.25) is 0 Å². The Labute approximate surface area is 83.6 Å². The van der Waals surface area contributed by atoms with Gasteiger partial charge in [0.05, 0.1) is 5.69 Å². The summed E-state index contributed by atoms with van der Waals surface area (Å²) in [5.41, 5.74) is 0.362. The van der Waals surface area contributed by atoms with E-state index in [2.05, 4.69) is 9.97 Å². The minimum Gasteiger partial charge on any atom is -0.241 e. The highest BCUT2D eigenvalue weighted by Crippen LogP contribution is 2.38. The standard InChI is InChI=1S/C11H15FN2/c1-7(2)10-13-6-8-9(14-10)4-5-11(8,3)12/h6-7H,4-5H2,1-3H3. The van der Waals surface area contributed by atoms with E-state index in [1.54, 1.807) is 13.1 Å². The summed E-state index contributed by atoms with van der Waals surface area (Å²) < 4.78 is 13.9. The lowest BCUT2D eigenvalue weighted by Gasteiger charge is -2.13. The molecule has 0 saturated carbocycles. The largest absolute Gasteiger partial charge is 0.241 e. The molecule has 1 heterocycles. The Hall–Kier alpha value is -0.990. The fraction of sp³-hybridized carbons (Fsp3) is 0.636. The molecule has 1 aromatic heterocycles. The summed E-state index contributed by atoms with van der Waals surface area (Å²) in [6.45, 7) is 5.70. The second-order valence-corrected chi connectivity index (χ2v) is 4.44. The molecule has 76 valence electrons. The molecule has 0 bridgehead atoms. The van der Waals surface area contributed by atoms with Gasteiger partial charge in [0.2, 0.25) is 0 Å². The molecule has 0 spiro atoms. The molecule has 0 amide bonds. The quantitative estimate of drug-likeness (QED) is 0.687. The normalized spacial score (nSPS) is 25.5. The summed E-state index contributed by atoms with van der Waals surface area (Å²) in [6.07, 6.45) is 2.94. The number of hydrogen-bond donors (Lipinski definition) is 0. The van der Waals surface area contributed by atoms with Crippen LogP contribution in [0, 0.1) is 0 Å². The first-order chi connectivity index (χ1) is 6.50. The van der Waals surface area contributed by atoms with Crippen LogP contribution in [0.15, 0.2) is 6.20 Å². The molecule has 1 aliphatic rings. The second kappa shape index (κ2) is 3.01. The molecule has 0 radical (unpaired) electrons. The summed E-state index contributed by atoms with van der Waals surface area (Å²) in [4.78, 5) is 8.59. The molecule has 1 aliphatic carbocycles. The summed E-state index contributed by atoms with van der Waals surface area (Å²) in [5.74, 6) is 1.13. The summed E-state index contributed by atoms with van der Waals surface area (Å²) >= 11 is 0. The maximum absolute atomic E-state index is 13.9. The van der Waals surface area contributed by atoms with E-state index in [1.807, 2.05) is 13.8 Å². The van der Waals surface area contributed by atoms with E-state index in [0.717, 1.165) is 17.9 Å². The van der Waals surface area contributed by atoms with Crippen molar-refractivity contribution in [3.05, 3.63) is 23.3 Å². The van der Waals surface area contributed by atoms with Gasteiger partial charge in [-0.3, -0.25) is 0 Å². The zero-order valence-electron chi connectivity index (χ0n) is 8.84. The lowest BCUT2D eigenvalue weighted by atomic mass is 10.0. The predicted molar refractivity (Wildman–Crippen MR) is 52.9 cm³/mol. The van der Waals surface area contributed by atoms with Gasteiger partial charge in [0, 0.05) is 17.7 Å². The summed E-state index contributed by atoms with van der Waals surface area (Å²) in [6, 6.07) is 0. The fourth-order valence-corrected chi connectivity index (χ4v) is 1.82. The molecule has 0 aliphatic heterocycles. The third kappa shape index (κ3) is 1.41. The van der Waals surface area contributed by atoms with E-state index < -0.39 is 5.67 Å². The molecule has 1 unspecified atom stereocenters. The van der Waals surface area contributed by atoms with Crippen molar-refractivity contribution in [3.63, 3.8) is 0 Å². The molecular weight excluding hydrogens is 179 g/mol. The van der Waals surface area contributed by atoms with Crippen LogP contribution < -0.4 is 0 Å². The molecule has 3 heteroatoms. The minimum atomic E-state index is -1.22. The van der Waals surface area contributed by atoms with E-state index >= 15 is 0 Å². The van der Waals surface area contributed by atoms with Crippen molar-refractivity contribution in [2.45, 2.75) is 45.2 Å². The highest BCUT2D eigenvalue weighted by atomic mass is 19.1. The van der Waals surface area contributed by atoms with E-state index in [1.165, 1.54) is 0 Å². The third-order valence-corrected chi connectivity index (χ3v) is 2.80. The molecule has 0 N–H and O–H groups in total. The van der Waals surface area contributed by atoms with Gasteiger partial charge in [0.1, 0.15) is 11.5 Å². The van der Waals surface area contributed by atoms with Crippen molar-refractivity contribution < 1.29 is 4.39 Å². The number of alkyl halides is 1. The van der Waals surface area contributed by atoms with E-state index in [4.69, 9.17) is 0 Å². The van der Waals surface area contributed by atoms with Crippen LogP contribution in [0.5, 0.6) is 0 Å². The topological polar surface area (TPSA) is 25.8 Å². The first-order valence-corrected chi connectivity index (χ1v) is 5.06. The first-order valence-electron chi connectivity index (χ1n) is 5.06. The van der Waals surface area contributed by atoms with Gasteiger partial charge in [-0.25, -0.2) is 14.4 Å². The molecule has 1 aromatic rings. The van der Waals surface area contributed by atoms with Crippen molar-refractivity contribution in [3.8, 4) is 0 Å². The van der Waals surface area contributed by atoms with Crippen LogP contribution in [0.3, 0.4) is 0 Å². The van der Waals surface area contributed by atoms with Crippen molar-refractivity contribution in [1.29, 1.82) is 0 Å². The average molecular weight is 194 g/mol. The molecule has 2 rings (SSSR count). The zero-order chi connectivity index (χ0) is 10.3. The second-order valence-electron chi connectivity index (χ2n) is 4.44. The molecule has 1 atom stereocenters. The number of aromatic nitrogens is 2. The molecule has 14 heavy (non-hydrogen) atoms. The van der Waals surface area contributed by atoms with Gasteiger partial charge in [-0.2, -0.15) is 0 Å². The van der Waals surface area contributed by atoms with Crippen molar-refractivity contribution in [1.82, 2.24) is 9.97 Å². The third-order valence-electron chi connectivity index (χ3n) is 2.80. The number of fused-ring (bicyclic) bond motifs is 1. The number of halogens is 1. The summed E-state index contributed by atoms with van der Waals surface area (Å²) in [5, 5.41) is 0. The number of rotatable bonds is 1. The highest BCUT2D eigenvalue weighted by Gasteiger charge is 2.35. The monoisotopic (exact) mass is 194 g/mol. The van der Waals surface area contributed by atoms with Gasteiger partial charge in [0.15, 0.2) is 0 Å². The van der Waals surface area contributed by atoms with Crippen molar-refractivity contribution >= 4 is 0 Å². The maximum Gasteiger partial charge on any atom is 0.136 e. The van der Waals surface area contributed by atoms with E-state index in [0.29, 0.717) is 17.9 Å². The van der Waals surface area contributed by atoms with Crippen LogP contribution in [-0.4, -0.2) is 9.97 Å². The first kappa shape index (κ1) is 9.56. The van der Waals surface area contributed by atoms with Crippen LogP contribution in [-0.2, 0) is 12.1 Å². The van der Waals surface area contributed by atoms with Crippen molar-refractivity contribution in [2.24, 2.45) is 0 Å². The molecular formula is C11H15FN2. The van der Waals surface area contributed by atoms with Crippen LogP contribution in [0.1, 0.15) is 50.2 Å². The zero-order valence-corrected chi connectivity index (χ0v) is 8.84. The van der Waals surface area contributed by atoms with Gasteiger partial charge in [-0.05, 0) is 19.8 Å². The van der Waals surface area contributed by atoms with Gasteiger partial charge < -0.3 is 0 Å². The Morgan fingerprint density at radius 1 is 1.50 bits per heavy atom. The lowest BCUT2D eigenvalue weighted by molar-refractivity contribution is 0.193. The Morgan fingerprint density at radius 2 is 2.21 bits per heavy atom. The Morgan fingerprint density at radius 3 is 2.86 bits per heavy atom. The lowest BCUT2D eigenvalue weighted by Crippen LogP contribution is -2.11. The molecule has 0 fully saturated rings. The van der Waals surface area contributed by atoms with Crippen LogP contribution >= 0.6 is 0 Å². The van der Waals surface area contributed by atoms with Crippen LogP contribution in [0.25, 0.3) is 0 Å². The molecule has 2 nitrogen and oxygen atoms in total. The van der Waals surface area contributed by atoms with Crippen LogP contribution in [0.4, 0.5) is 4.39 Å². The van der Waals surface area contributed by atoms with Gasteiger partial charge in [-0.1, -0.05) is 13.8 Å². The Kier molecular flexibility index (Phi) is 2.05.